The van der Waals surface area contributed by atoms with Crippen LogP contribution in [-0.4, -0.2) is 60.3 Å². The van der Waals surface area contributed by atoms with E-state index in [0.29, 0.717) is 10.8 Å². The van der Waals surface area contributed by atoms with Gasteiger partial charge in [-0.25, -0.2) is 0 Å². The zero-order chi connectivity index (χ0) is 15.8. The van der Waals surface area contributed by atoms with Gasteiger partial charge < -0.3 is 15.0 Å². The minimum atomic E-state index is -0.275. The zero-order valence-electron chi connectivity index (χ0n) is 12.2. The largest absolute Gasteiger partial charge is 0.379 e. The number of nitrogens with zero attached hydrogens (tertiary/aromatic N) is 1. The molecule has 2 heterocycles. The molecule has 9 heteroatoms. The predicted octanol–water partition coefficient (Wildman–Crippen LogP) is 0.608. The first kappa shape index (κ1) is 17.2. The first-order chi connectivity index (χ1) is 10.6. The Morgan fingerprint density at radius 3 is 2.86 bits per heavy atom. The molecule has 2 rings (SSSR count). The summed E-state index contributed by atoms with van der Waals surface area (Å²) in [5.74, 6) is -0.275. The number of hydrazine groups is 1. The Balaban J connectivity index is 1.55. The number of morpholine rings is 1. The van der Waals surface area contributed by atoms with Crippen LogP contribution < -0.4 is 16.2 Å². The lowest BCUT2D eigenvalue weighted by atomic mass is 10.3. The summed E-state index contributed by atoms with van der Waals surface area (Å²) in [6.45, 7) is 5.38. The highest BCUT2D eigenvalue weighted by Crippen LogP contribution is 2.09. The lowest BCUT2D eigenvalue weighted by molar-refractivity contribution is 0.0376. The molecule has 0 aliphatic carbocycles. The minimum absolute atomic E-state index is 0.275. The van der Waals surface area contributed by atoms with Crippen LogP contribution in [0.5, 0.6) is 0 Å². The van der Waals surface area contributed by atoms with E-state index in [1.165, 1.54) is 0 Å². The molecule has 1 amide bonds. The van der Waals surface area contributed by atoms with Crippen LogP contribution in [0.1, 0.15) is 16.9 Å². The van der Waals surface area contributed by atoms with Crippen molar-refractivity contribution in [2.24, 2.45) is 0 Å². The normalized spacial score (nSPS) is 15.3. The smallest absolute Gasteiger partial charge is 0.286 e. The third-order valence-electron chi connectivity index (χ3n) is 3.22. The monoisotopic (exact) mass is 389 g/mol. The molecule has 1 aromatic rings. The number of hydrogen-bond acceptors (Lipinski definition) is 4. The van der Waals surface area contributed by atoms with Crippen molar-refractivity contribution >= 4 is 39.2 Å². The molecule has 1 aromatic heterocycles. The van der Waals surface area contributed by atoms with Gasteiger partial charge >= 0.3 is 0 Å². The number of rotatable bonds is 5. The maximum atomic E-state index is 11.8. The number of ether oxygens (including phenoxy) is 1. The third-order valence-corrected chi connectivity index (χ3v) is 3.93. The zero-order valence-corrected chi connectivity index (χ0v) is 14.6. The van der Waals surface area contributed by atoms with E-state index in [1.807, 2.05) is 0 Å². The summed E-state index contributed by atoms with van der Waals surface area (Å²) in [5, 5.41) is 3.47. The fraction of sp³-hybridized carbons (Fsp3) is 0.538. The number of thiocarbonyl (C=S) groups is 1. The Labute approximate surface area is 143 Å². The molecule has 0 unspecified atom stereocenters. The second-order valence-electron chi connectivity index (χ2n) is 4.87. The van der Waals surface area contributed by atoms with Gasteiger partial charge in [-0.05, 0) is 47.2 Å². The van der Waals surface area contributed by atoms with Crippen LogP contribution in [0, 0.1) is 0 Å². The molecule has 0 bridgehead atoms. The molecule has 0 spiro atoms. The number of hydrogen-bond donors (Lipinski definition) is 4. The number of H-pyrrole nitrogens is 1. The molecule has 1 saturated heterocycles. The van der Waals surface area contributed by atoms with E-state index in [-0.39, 0.29) is 5.91 Å². The fourth-order valence-electron chi connectivity index (χ4n) is 2.05. The lowest BCUT2D eigenvalue weighted by Crippen LogP contribution is -2.47. The molecule has 0 radical (unpaired) electrons. The van der Waals surface area contributed by atoms with E-state index >= 15 is 0 Å². The van der Waals surface area contributed by atoms with Crippen molar-refractivity contribution in [3.05, 3.63) is 22.4 Å². The molecule has 1 fully saturated rings. The van der Waals surface area contributed by atoms with Gasteiger partial charge in [0, 0.05) is 30.3 Å². The van der Waals surface area contributed by atoms with Gasteiger partial charge in [0.1, 0.15) is 5.69 Å². The van der Waals surface area contributed by atoms with Crippen molar-refractivity contribution in [2.75, 3.05) is 39.4 Å². The first-order valence-electron chi connectivity index (χ1n) is 7.13. The molecular formula is C13H20BrN5O2S. The molecule has 1 aliphatic rings. The van der Waals surface area contributed by atoms with E-state index < -0.39 is 0 Å². The Kier molecular flexibility index (Phi) is 7.10. The number of aromatic amines is 1. The second-order valence-corrected chi connectivity index (χ2v) is 6.20. The van der Waals surface area contributed by atoms with Crippen LogP contribution in [0.25, 0.3) is 0 Å². The van der Waals surface area contributed by atoms with E-state index in [4.69, 9.17) is 17.0 Å². The molecule has 0 saturated carbocycles. The summed E-state index contributed by atoms with van der Waals surface area (Å²) in [7, 11) is 0. The van der Waals surface area contributed by atoms with Gasteiger partial charge in [0.15, 0.2) is 5.11 Å². The van der Waals surface area contributed by atoms with Crippen molar-refractivity contribution in [1.29, 1.82) is 0 Å². The van der Waals surface area contributed by atoms with Gasteiger partial charge in [-0.1, -0.05) is 0 Å². The number of nitrogens with one attached hydrogen (secondary N) is 4. The standard InChI is InChI=1S/C13H20BrN5O2S/c14-10-8-11(16-9-10)12(20)17-18-13(22)15-2-1-3-19-4-6-21-7-5-19/h8-9,16H,1-7H2,(H,17,20)(H2,15,18,22). The van der Waals surface area contributed by atoms with Crippen molar-refractivity contribution in [3.8, 4) is 0 Å². The van der Waals surface area contributed by atoms with Crippen LogP contribution in [0.2, 0.25) is 0 Å². The van der Waals surface area contributed by atoms with Crippen LogP contribution in [0.3, 0.4) is 0 Å². The van der Waals surface area contributed by atoms with Gasteiger partial charge in [0.2, 0.25) is 0 Å². The topological polar surface area (TPSA) is 81.4 Å². The van der Waals surface area contributed by atoms with E-state index in [0.717, 1.165) is 50.3 Å². The molecule has 7 nitrogen and oxygen atoms in total. The van der Waals surface area contributed by atoms with Crippen molar-refractivity contribution in [3.63, 3.8) is 0 Å². The van der Waals surface area contributed by atoms with E-state index in [9.17, 15) is 4.79 Å². The van der Waals surface area contributed by atoms with Gasteiger partial charge in [0.25, 0.3) is 5.91 Å². The first-order valence-corrected chi connectivity index (χ1v) is 8.33. The Hall–Kier alpha value is -1.16. The minimum Gasteiger partial charge on any atom is -0.379 e. The van der Waals surface area contributed by atoms with Crippen molar-refractivity contribution < 1.29 is 9.53 Å². The Morgan fingerprint density at radius 2 is 2.18 bits per heavy atom. The van der Waals surface area contributed by atoms with Gasteiger partial charge in [-0.2, -0.15) is 0 Å². The number of carbonyl (C=O) groups excluding carboxylic acids is 1. The van der Waals surface area contributed by atoms with Crippen LogP contribution in [0.15, 0.2) is 16.7 Å². The number of amides is 1. The highest BCUT2D eigenvalue weighted by molar-refractivity contribution is 9.10. The highest BCUT2D eigenvalue weighted by Gasteiger charge is 2.10. The van der Waals surface area contributed by atoms with Crippen LogP contribution >= 0.6 is 28.1 Å². The van der Waals surface area contributed by atoms with E-state index in [2.05, 4.69) is 42.0 Å². The molecule has 4 N–H and O–H groups in total. The summed E-state index contributed by atoms with van der Waals surface area (Å²) >= 11 is 8.38. The number of carbonyl (C=O) groups is 1. The molecule has 0 atom stereocenters. The maximum Gasteiger partial charge on any atom is 0.286 e. The molecule has 0 aromatic carbocycles. The summed E-state index contributed by atoms with van der Waals surface area (Å²) in [6, 6.07) is 1.69. The summed E-state index contributed by atoms with van der Waals surface area (Å²) in [6.07, 6.45) is 2.68. The molecule has 22 heavy (non-hydrogen) atoms. The molecular weight excluding hydrogens is 370 g/mol. The quantitative estimate of drug-likeness (QED) is 0.335. The van der Waals surface area contributed by atoms with E-state index in [1.54, 1.807) is 12.3 Å². The van der Waals surface area contributed by atoms with Gasteiger partial charge in [-0.15, -0.1) is 0 Å². The van der Waals surface area contributed by atoms with Gasteiger partial charge in [-0.3, -0.25) is 20.5 Å². The number of aromatic nitrogens is 1. The molecule has 1 aliphatic heterocycles. The maximum absolute atomic E-state index is 11.8. The number of halogens is 1. The average molecular weight is 390 g/mol. The van der Waals surface area contributed by atoms with Crippen LogP contribution in [0.4, 0.5) is 0 Å². The summed E-state index contributed by atoms with van der Waals surface area (Å²) < 4.78 is 6.12. The predicted molar refractivity (Wildman–Crippen MR) is 91.6 cm³/mol. The highest BCUT2D eigenvalue weighted by atomic mass is 79.9. The SMILES string of the molecule is O=C(NNC(=S)NCCCN1CCOCC1)c1cc(Br)c[nH]1. The van der Waals surface area contributed by atoms with Gasteiger partial charge in [0.05, 0.1) is 13.2 Å². The van der Waals surface area contributed by atoms with Crippen LogP contribution in [-0.2, 0) is 4.74 Å². The fourth-order valence-corrected chi connectivity index (χ4v) is 2.55. The summed E-state index contributed by atoms with van der Waals surface area (Å²) in [5.41, 5.74) is 5.66. The lowest BCUT2D eigenvalue weighted by Gasteiger charge is -2.26. The molecule has 122 valence electrons. The third kappa shape index (κ3) is 5.91. The Morgan fingerprint density at radius 1 is 1.41 bits per heavy atom. The Bertz CT molecular complexity index is 504. The second kappa shape index (κ2) is 9.09. The van der Waals surface area contributed by atoms with Crippen molar-refractivity contribution in [2.45, 2.75) is 6.42 Å². The van der Waals surface area contributed by atoms with Crippen molar-refractivity contribution in [1.82, 2.24) is 26.1 Å². The summed E-state index contributed by atoms with van der Waals surface area (Å²) in [4.78, 5) is 17.0. The average Bonchev–Trinajstić information content (AvgIpc) is 2.97.